The molecular formula is C19H15N3O. The molecule has 3 aromatic rings. The van der Waals surface area contributed by atoms with Crippen LogP contribution < -0.4 is 5.32 Å². The number of fused-ring (bicyclic) bond motifs is 1. The van der Waals surface area contributed by atoms with E-state index in [9.17, 15) is 4.79 Å². The van der Waals surface area contributed by atoms with Crippen LogP contribution in [0.2, 0.25) is 0 Å². The van der Waals surface area contributed by atoms with Gasteiger partial charge in [0.2, 0.25) is 0 Å². The molecule has 0 saturated carbocycles. The number of nitrogens with one attached hydrogen (secondary N) is 1. The van der Waals surface area contributed by atoms with Gasteiger partial charge in [0, 0.05) is 18.1 Å². The van der Waals surface area contributed by atoms with Gasteiger partial charge in [-0.15, -0.1) is 0 Å². The molecular weight excluding hydrogens is 286 g/mol. The fraction of sp³-hybridized carbons (Fsp3) is 0.0526. The second-order valence-corrected chi connectivity index (χ2v) is 5.17. The fourth-order valence-corrected chi connectivity index (χ4v) is 2.63. The van der Waals surface area contributed by atoms with Gasteiger partial charge in [-0.1, -0.05) is 30.8 Å². The van der Waals surface area contributed by atoms with Crippen molar-refractivity contribution in [1.82, 2.24) is 9.88 Å². The summed E-state index contributed by atoms with van der Waals surface area (Å²) in [6.45, 7) is 4.17. The lowest BCUT2D eigenvalue weighted by molar-refractivity contribution is 0.0971. The van der Waals surface area contributed by atoms with Crippen molar-refractivity contribution >= 4 is 16.8 Å². The quantitative estimate of drug-likeness (QED) is 0.802. The molecule has 0 atom stereocenters. The normalized spacial score (nSPS) is 10.2. The zero-order valence-corrected chi connectivity index (χ0v) is 12.5. The maximum absolute atomic E-state index is 12.2. The molecule has 0 radical (unpaired) electrons. The summed E-state index contributed by atoms with van der Waals surface area (Å²) in [7, 11) is 0. The number of nitriles is 1. The van der Waals surface area contributed by atoms with E-state index >= 15 is 0 Å². The van der Waals surface area contributed by atoms with Crippen molar-refractivity contribution in [2.45, 2.75) is 6.54 Å². The number of nitrogens with zero attached hydrogens (tertiary/aromatic N) is 2. The minimum atomic E-state index is -0.176. The van der Waals surface area contributed by atoms with Crippen LogP contribution >= 0.6 is 0 Å². The lowest BCUT2D eigenvalue weighted by atomic mass is 10.1. The van der Waals surface area contributed by atoms with Crippen molar-refractivity contribution in [2.75, 3.05) is 0 Å². The molecule has 0 fully saturated rings. The summed E-state index contributed by atoms with van der Waals surface area (Å²) in [5.74, 6) is -0.176. The monoisotopic (exact) mass is 301 g/mol. The van der Waals surface area contributed by atoms with E-state index in [0.29, 0.717) is 17.7 Å². The topological polar surface area (TPSA) is 57.8 Å². The third kappa shape index (κ3) is 2.85. The summed E-state index contributed by atoms with van der Waals surface area (Å²) < 4.78 is 2.04. The zero-order chi connectivity index (χ0) is 16.2. The average Bonchev–Trinajstić information content (AvgIpc) is 2.99. The second kappa shape index (κ2) is 6.20. The molecule has 4 heteroatoms. The van der Waals surface area contributed by atoms with Crippen LogP contribution in [-0.2, 0) is 6.54 Å². The van der Waals surface area contributed by atoms with Crippen LogP contribution in [0.1, 0.15) is 21.5 Å². The number of hydrogen-bond donors (Lipinski definition) is 1. The van der Waals surface area contributed by atoms with Crippen LogP contribution in [0.4, 0.5) is 0 Å². The standard InChI is InChI=1S/C19H15N3O/c1-2-21-19(23)17-5-3-4-16-10-11-22(18(16)17)13-15-8-6-14(12-20)7-9-15/h2-11H,1,13H2,(H,21,23). The highest BCUT2D eigenvalue weighted by Gasteiger charge is 2.12. The van der Waals surface area contributed by atoms with Gasteiger partial charge in [-0.25, -0.2) is 0 Å². The number of hydrogen-bond acceptors (Lipinski definition) is 2. The van der Waals surface area contributed by atoms with Gasteiger partial charge in [-0.05, 0) is 36.0 Å². The lowest BCUT2D eigenvalue weighted by Crippen LogP contribution is -2.17. The van der Waals surface area contributed by atoms with Crippen LogP contribution in [0.15, 0.2) is 67.5 Å². The third-order valence-corrected chi connectivity index (χ3v) is 3.70. The molecule has 3 rings (SSSR count). The predicted molar refractivity (Wildman–Crippen MR) is 89.9 cm³/mol. The van der Waals surface area contributed by atoms with Crippen molar-refractivity contribution in [3.63, 3.8) is 0 Å². The molecule has 112 valence electrons. The van der Waals surface area contributed by atoms with Crippen LogP contribution in [0.25, 0.3) is 10.9 Å². The van der Waals surface area contributed by atoms with Gasteiger partial charge in [0.15, 0.2) is 0 Å². The first kappa shape index (κ1) is 14.6. The number of aromatic nitrogens is 1. The molecule has 0 unspecified atom stereocenters. The van der Waals surface area contributed by atoms with Crippen molar-refractivity contribution in [3.8, 4) is 6.07 Å². The fourth-order valence-electron chi connectivity index (χ4n) is 2.63. The zero-order valence-electron chi connectivity index (χ0n) is 12.5. The van der Waals surface area contributed by atoms with E-state index in [1.165, 1.54) is 6.20 Å². The van der Waals surface area contributed by atoms with Gasteiger partial charge >= 0.3 is 0 Å². The highest BCUT2D eigenvalue weighted by molar-refractivity contribution is 6.06. The molecule has 23 heavy (non-hydrogen) atoms. The van der Waals surface area contributed by atoms with Crippen molar-refractivity contribution in [2.24, 2.45) is 0 Å². The summed E-state index contributed by atoms with van der Waals surface area (Å²) in [4.78, 5) is 12.2. The third-order valence-electron chi connectivity index (χ3n) is 3.70. The first-order valence-corrected chi connectivity index (χ1v) is 7.21. The van der Waals surface area contributed by atoms with E-state index in [-0.39, 0.29) is 5.91 Å². The van der Waals surface area contributed by atoms with E-state index in [4.69, 9.17) is 5.26 Å². The first-order valence-electron chi connectivity index (χ1n) is 7.21. The number of para-hydroxylation sites is 1. The Morgan fingerprint density at radius 2 is 2.00 bits per heavy atom. The minimum absolute atomic E-state index is 0.176. The van der Waals surface area contributed by atoms with Gasteiger partial charge in [0.1, 0.15) is 0 Å². The van der Waals surface area contributed by atoms with E-state index in [1.807, 2.05) is 41.1 Å². The largest absolute Gasteiger partial charge is 0.342 e. The van der Waals surface area contributed by atoms with Crippen LogP contribution in [0.3, 0.4) is 0 Å². The molecule has 0 aliphatic heterocycles. The summed E-state index contributed by atoms with van der Waals surface area (Å²) >= 11 is 0. The van der Waals surface area contributed by atoms with Crippen molar-refractivity contribution in [3.05, 3.63) is 84.2 Å². The van der Waals surface area contributed by atoms with E-state index < -0.39 is 0 Å². The summed E-state index contributed by atoms with van der Waals surface area (Å²) in [6.07, 6.45) is 3.35. The van der Waals surface area contributed by atoms with Gasteiger partial charge in [0.25, 0.3) is 5.91 Å². The van der Waals surface area contributed by atoms with Gasteiger partial charge in [-0.2, -0.15) is 5.26 Å². The number of benzene rings is 2. The van der Waals surface area contributed by atoms with E-state index in [1.54, 1.807) is 18.2 Å². The Morgan fingerprint density at radius 1 is 1.22 bits per heavy atom. The Labute approximate surface area is 134 Å². The lowest BCUT2D eigenvalue weighted by Gasteiger charge is -2.09. The Hall–Kier alpha value is -3.32. The maximum Gasteiger partial charge on any atom is 0.257 e. The summed E-state index contributed by atoms with van der Waals surface area (Å²) in [5, 5.41) is 12.5. The van der Waals surface area contributed by atoms with Gasteiger partial charge in [-0.3, -0.25) is 4.79 Å². The molecule has 1 aromatic heterocycles. The summed E-state index contributed by atoms with van der Waals surface area (Å²) in [6, 6.07) is 17.2. The Kier molecular flexibility index (Phi) is 3.94. The van der Waals surface area contributed by atoms with E-state index in [0.717, 1.165) is 16.5 Å². The molecule has 0 saturated heterocycles. The number of carbonyl (C=O) groups excluding carboxylic acids is 1. The molecule has 1 N–H and O–H groups in total. The van der Waals surface area contributed by atoms with Crippen molar-refractivity contribution in [1.29, 1.82) is 5.26 Å². The Bertz CT molecular complexity index is 914. The first-order chi connectivity index (χ1) is 11.2. The van der Waals surface area contributed by atoms with Crippen molar-refractivity contribution < 1.29 is 4.79 Å². The maximum atomic E-state index is 12.2. The molecule has 0 aliphatic carbocycles. The molecule has 0 bridgehead atoms. The molecule has 2 aromatic carbocycles. The van der Waals surface area contributed by atoms with Gasteiger partial charge < -0.3 is 9.88 Å². The molecule has 4 nitrogen and oxygen atoms in total. The van der Waals surface area contributed by atoms with Gasteiger partial charge in [0.05, 0.1) is 22.7 Å². The number of amides is 1. The van der Waals surface area contributed by atoms with Crippen LogP contribution in [0, 0.1) is 11.3 Å². The smallest absolute Gasteiger partial charge is 0.257 e. The second-order valence-electron chi connectivity index (χ2n) is 5.17. The summed E-state index contributed by atoms with van der Waals surface area (Å²) in [5.41, 5.74) is 3.20. The molecule has 1 heterocycles. The average molecular weight is 301 g/mol. The molecule has 0 spiro atoms. The Morgan fingerprint density at radius 3 is 2.70 bits per heavy atom. The number of rotatable bonds is 4. The Balaban J connectivity index is 2.02. The van der Waals surface area contributed by atoms with Crippen LogP contribution in [0.5, 0.6) is 0 Å². The molecule has 1 amide bonds. The molecule has 0 aliphatic rings. The van der Waals surface area contributed by atoms with E-state index in [2.05, 4.69) is 18.0 Å². The minimum Gasteiger partial charge on any atom is -0.342 e. The highest BCUT2D eigenvalue weighted by atomic mass is 16.1. The number of carbonyl (C=O) groups is 1. The van der Waals surface area contributed by atoms with Crippen LogP contribution in [-0.4, -0.2) is 10.5 Å². The predicted octanol–water partition coefficient (Wildman–Crippen LogP) is 3.43. The SMILES string of the molecule is C=CNC(=O)c1cccc2ccn(Cc3ccc(C#N)cc3)c12. The highest BCUT2D eigenvalue weighted by Crippen LogP contribution is 2.22.